The van der Waals surface area contributed by atoms with Crippen LogP contribution in [-0.2, 0) is 6.54 Å². The SMILES string of the molecule is CCCCCN1CCCN(Cc2cccc(NC(=O)c3ccc(Cl)c(Cl)c3)c2)CC1. The van der Waals surface area contributed by atoms with Crippen LogP contribution >= 0.6 is 23.2 Å². The number of hydrogen-bond acceptors (Lipinski definition) is 3. The van der Waals surface area contributed by atoms with Crippen LogP contribution in [0.15, 0.2) is 42.5 Å². The van der Waals surface area contributed by atoms with E-state index in [-0.39, 0.29) is 5.91 Å². The van der Waals surface area contributed by atoms with Crippen LogP contribution in [-0.4, -0.2) is 48.4 Å². The molecule has 162 valence electrons. The first-order valence-corrected chi connectivity index (χ1v) is 11.6. The van der Waals surface area contributed by atoms with Crippen molar-refractivity contribution in [3.8, 4) is 0 Å². The van der Waals surface area contributed by atoms with Crippen molar-refractivity contribution < 1.29 is 4.79 Å². The van der Waals surface area contributed by atoms with E-state index in [9.17, 15) is 4.79 Å². The van der Waals surface area contributed by atoms with E-state index in [2.05, 4.69) is 34.2 Å². The molecule has 0 spiro atoms. The quantitative estimate of drug-likeness (QED) is 0.508. The number of carbonyl (C=O) groups is 1. The molecule has 1 N–H and O–H groups in total. The number of nitrogens with one attached hydrogen (secondary N) is 1. The standard InChI is InChI=1S/C24H31Cl2N3O/c1-2-3-4-11-28-12-6-13-29(15-14-28)18-19-7-5-8-21(16-19)27-24(30)20-9-10-22(25)23(26)17-20/h5,7-10,16-17H,2-4,6,11-15,18H2,1H3,(H,27,30). The van der Waals surface area contributed by atoms with Gasteiger partial charge in [-0.25, -0.2) is 0 Å². The van der Waals surface area contributed by atoms with Crippen LogP contribution in [0.4, 0.5) is 5.69 Å². The van der Waals surface area contributed by atoms with Crippen LogP contribution in [0.1, 0.15) is 48.5 Å². The highest BCUT2D eigenvalue weighted by atomic mass is 35.5. The molecule has 2 aromatic carbocycles. The van der Waals surface area contributed by atoms with Gasteiger partial charge in [0.25, 0.3) is 5.91 Å². The van der Waals surface area contributed by atoms with Gasteiger partial charge < -0.3 is 10.2 Å². The number of hydrogen-bond donors (Lipinski definition) is 1. The van der Waals surface area contributed by atoms with Gasteiger partial charge in [0.05, 0.1) is 10.0 Å². The minimum Gasteiger partial charge on any atom is -0.322 e. The Morgan fingerprint density at radius 3 is 2.57 bits per heavy atom. The third-order valence-corrected chi connectivity index (χ3v) is 6.27. The summed E-state index contributed by atoms with van der Waals surface area (Å²) in [7, 11) is 0. The molecule has 0 aromatic heterocycles. The van der Waals surface area contributed by atoms with Crippen molar-refractivity contribution >= 4 is 34.8 Å². The van der Waals surface area contributed by atoms with Crippen molar-refractivity contribution in [3.63, 3.8) is 0 Å². The van der Waals surface area contributed by atoms with E-state index in [0.717, 1.165) is 31.9 Å². The van der Waals surface area contributed by atoms with Crippen LogP contribution in [0.5, 0.6) is 0 Å². The number of benzene rings is 2. The van der Waals surface area contributed by atoms with Gasteiger partial charge in [-0.15, -0.1) is 0 Å². The molecule has 2 aromatic rings. The van der Waals surface area contributed by atoms with Crippen LogP contribution in [0.3, 0.4) is 0 Å². The third kappa shape index (κ3) is 6.98. The first kappa shape index (κ1) is 23.1. The van der Waals surface area contributed by atoms with Gasteiger partial charge >= 0.3 is 0 Å². The lowest BCUT2D eigenvalue weighted by Crippen LogP contribution is -2.31. The summed E-state index contributed by atoms with van der Waals surface area (Å²) >= 11 is 12.0. The zero-order chi connectivity index (χ0) is 21.3. The maximum atomic E-state index is 12.5. The van der Waals surface area contributed by atoms with E-state index in [4.69, 9.17) is 23.2 Å². The van der Waals surface area contributed by atoms with Gasteiger partial charge in [0.15, 0.2) is 0 Å². The topological polar surface area (TPSA) is 35.6 Å². The molecule has 0 radical (unpaired) electrons. The Balaban J connectivity index is 1.55. The summed E-state index contributed by atoms with van der Waals surface area (Å²) in [4.78, 5) is 17.7. The van der Waals surface area contributed by atoms with Crippen molar-refractivity contribution in [2.45, 2.75) is 39.2 Å². The number of halogens is 2. The summed E-state index contributed by atoms with van der Waals surface area (Å²) in [5.41, 5.74) is 2.49. The Morgan fingerprint density at radius 1 is 0.967 bits per heavy atom. The van der Waals surface area contributed by atoms with Gasteiger partial charge in [-0.2, -0.15) is 0 Å². The lowest BCUT2D eigenvalue weighted by atomic mass is 10.1. The van der Waals surface area contributed by atoms with E-state index in [1.54, 1.807) is 18.2 Å². The molecule has 1 fully saturated rings. The van der Waals surface area contributed by atoms with Gasteiger partial charge in [-0.05, 0) is 68.4 Å². The van der Waals surface area contributed by atoms with E-state index >= 15 is 0 Å². The van der Waals surface area contributed by atoms with Gasteiger partial charge in [-0.1, -0.05) is 55.1 Å². The molecule has 0 atom stereocenters. The number of nitrogens with zero attached hydrogens (tertiary/aromatic N) is 2. The van der Waals surface area contributed by atoms with E-state index in [1.807, 2.05) is 12.1 Å². The number of unbranched alkanes of at least 4 members (excludes halogenated alkanes) is 2. The molecule has 6 heteroatoms. The maximum Gasteiger partial charge on any atom is 0.255 e. The summed E-state index contributed by atoms with van der Waals surface area (Å²) in [5, 5.41) is 3.78. The fourth-order valence-electron chi connectivity index (χ4n) is 3.84. The Labute approximate surface area is 190 Å². The summed E-state index contributed by atoms with van der Waals surface area (Å²) in [6.45, 7) is 8.91. The molecular weight excluding hydrogens is 417 g/mol. The van der Waals surface area contributed by atoms with E-state index in [0.29, 0.717) is 15.6 Å². The van der Waals surface area contributed by atoms with Gasteiger partial charge in [0, 0.05) is 30.9 Å². The summed E-state index contributed by atoms with van der Waals surface area (Å²) in [5.74, 6) is -0.191. The summed E-state index contributed by atoms with van der Waals surface area (Å²) < 4.78 is 0. The van der Waals surface area contributed by atoms with Crippen LogP contribution < -0.4 is 5.32 Å². The first-order valence-electron chi connectivity index (χ1n) is 10.8. The minimum atomic E-state index is -0.191. The maximum absolute atomic E-state index is 12.5. The normalized spacial score (nSPS) is 15.7. The molecular formula is C24H31Cl2N3O. The van der Waals surface area contributed by atoms with Crippen LogP contribution in [0.25, 0.3) is 0 Å². The monoisotopic (exact) mass is 447 g/mol. The number of carbonyl (C=O) groups excluding carboxylic acids is 1. The predicted octanol–water partition coefficient (Wildman–Crippen LogP) is 5.94. The summed E-state index contributed by atoms with van der Waals surface area (Å²) in [6, 6.07) is 13.0. The Morgan fingerprint density at radius 2 is 1.77 bits per heavy atom. The fraction of sp³-hybridized carbons (Fsp3) is 0.458. The van der Waals surface area contributed by atoms with Crippen molar-refractivity contribution in [2.75, 3.05) is 38.0 Å². The predicted molar refractivity (Wildman–Crippen MR) is 127 cm³/mol. The lowest BCUT2D eigenvalue weighted by molar-refractivity contribution is 0.102. The Kier molecular flexibility index (Phi) is 9.01. The molecule has 0 aliphatic carbocycles. The smallest absolute Gasteiger partial charge is 0.255 e. The molecule has 1 aliphatic heterocycles. The highest BCUT2D eigenvalue weighted by Crippen LogP contribution is 2.23. The zero-order valence-corrected chi connectivity index (χ0v) is 19.2. The Hall–Kier alpha value is -1.59. The molecule has 1 amide bonds. The van der Waals surface area contributed by atoms with E-state index < -0.39 is 0 Å². The second-order valence-electron chi connectivity index (χ2n) is 7.96. The largest absolute Gasteiger partial charge is 0.322 e. The highest BCUT2D eigenvalue weighted by Gasteiger charge is 2.15. The molecule has 0 unspecified atom stereocenters. The van der Waals surface area contributed by atoms with Crippen molar-refractivity contribution in [2.24, 2.45) is 0 Å². The zero-order valence-electron chi connectivity index (χ0n) is 17.7. The molecule has 4 nitrogen and oxygen atoms in total. The fourth-order valence-corrected chi connectivity index (χ4v) is 4.14. The molecule has 1 heterocycles. The first-order chi connectivity index (χ1) is 14.5. The second kappa shape index (κ2) is 11.7. The van der Waals surface area contributed by atoms with Crippen LogP contribution in [0, 0.1) is 0 Å². The minimum absolute atomic E-state index is 0.191. The highest BCUT2D eigenvalue weighted by molar-refractivity contribution is 6.42. The molecule has 1 saturated heterocycles. The lowest BCUT2D eigenvalue weighted by Gasteiger charge is -2.22. The molecule has 0 saturated carbocycles. The number of anilines is 1. The van der Waals surface area contributed by atoms with Gasteiger partial charge in [0.2, 0.25) is 0 Å². The number of amides is 1. The molecule has 0 bridgehead atoms. The average Bonchev–Trinajstić information content (AvgIpc) is 2.96. The number of rotatable bonds is 8. The molecule has 1 aliphatic rings. The van der Waals surface area contributed by atoms with Crippen molar-refractivity contribution in [1.29, 1.82) is 0 Å². The van der Waals surface area contributed by atoms with Crippen molar-refractivity contribution in [3.05, 3.63) is 63.6 Å². The van der Waals surface area contributed by atoms with Crippen LogP contribution in [0.2, 0.25) is 10.0 Å². The second-order valence-corrected chi connectivity index (χ2v) is 8.78. The molecule has 3 rings (SSSR count). The average molecular weight is 448 g/mol. The van der Waals surface area contributed by atoms with E-state index in [1.165, 1.54) is 44.3 Å². The summed E-state index contributed by atoms with van der Waals surface area (Å²) in [6.07, 6.45) is 5.11. The third-order valence-electron chi connectivity index (χ3n) is 5.53. The van der Waals surface area contributed by atoms with Gasteiger partial charge in [-0.3, -0.25) is 9.69 Å². The Bertz CT molecular complexity index is 843. The van der Waals surface area contributed by atoms with Gasteiger partial charge in [0.1, 0.15) is 0 Å². The molecule has 30 heavy (non-hydrogen) atoms. The van der Waals surface area contributed by atoms with Crippen molar-refractivity contribution in [1.82, 2.24) is 9.80 Å².